The largest absolute Gasteiger partial charge is 0.394 e. The molecule has 3 N–H and O–H groups in total. The molecular weight excluding hydrogens is 351 g/mol. The summed E-state index contributed by atoms with van der Waals surface area (Å²) >= 11 is 2.29. The highest BCUT2D eigenvalue weighted by atomic mass is 32.2. The third-order valence-electron chi connectivity index (χ3n) is 3.23. The number of nitrogens with zero attached hydrogens (tertiary/aromatic N) is 2. The first kappa shape index (κ1) is 16.9. The Hall–Kier alpha value is -1.97. The number of fused-ring (bicyclic) bond motifs is 1. The fourth-order valence-corrected chi connectivity index (χ4v) is 3.58. The Morgan fingerprint density at radius 1 is 1.42 bits per heavy atom. The SMILES string of the molecule is CC(CO)Nc1nc(SCc2ccccc2F)nc2[nH]c(=O)sc12. The minimum atomic E-state index is -0.276. The molecule has 1 unspecified atom stereocenters. The van der Waals surface area contributed by atoms with Crippen molar-refractivity contribution >= 4 is 39.3 Å². The van der Waals surface area contributed by atoms with Crippen molar-refractivity contribution in [1.29, 1.82) is 0 Å². The second-order valence-electron chi connectivity index (χ2n) is 5.16. The molecule has 0 fully saturated rings. The molecule has 1 aromatic carbocycles. The monoisotopic (exact) mass is 366 g/mol. The number of thioether (sulfide) groups is 1. The fourth-order valence-electron chi connectivity index (χ4n) is 2.03. The summed E-state index contributed by atoms with van der Waals surface area (Å²) in [6.07, 6.45) is 0. The number of anilines is 1. The molecule has 0 bridgehead atoms. The molecule has 3 rings (SSSR count). The van der Waals surface area contributed by atoms with Crippen LogP contribution in [0.1, 0.15) is 12.5 Å². The lowest BCUT2D eigenvalue weighted by atomic mass is 10.2. The van der Waals surface area contributed by atoms with Crippen molar-refractivity contribution in [2.24, 2.45) is 0 Å². The van der Waals surface area contributed by atoms with Gasteiger partial charge in [-0.15, -0.1) is 0 Å². The molecule has 1 atom stereocenters. The Labute approximate surface area is 145 Å². The summed E-state index contributed by atoms with van der Waals surface area (Å²) in [6, 6.07) is 6.31. The predicted octanol–water partition coefficient (Wildman–Crippen LogP) is 2.60. The molecule has 0 aliphatic carbocycles. The average Bonchev–Trinajstić information content (AvgIpc) is 2.94. The first-order valence-electron chi connectivity index (χ1n) is 7.21. The van der Waals surface area contributed by atoms with Crippen molar-refractivity contribution in [3.05, 3.63) is 45.3 Å². The van der Waals surface area contributed by atoms with E-state index >= 15 is 0 Å². The van der Waals surface area contributed by atoms with Gasteiger partial charge in [-0.2, -0.15) is 0 Å². The van der Waals surface area contributed by atoms with Gasteiger partial charge in [0.2, 0.25) is 0 Å². The van der Waals surface area contributed by atoms with Crippen LogP contribution in [0.3, 0.4) is 0 Å². The van der Waals surface area contributed by atoms with Crippen LogP contribution < -0.4 is 10.2 Å². The molecule has 3 aromatic rings. The van der Waals surface area contributed by atoms with Gasteiger partial charge in [-0.3, -0.25) is 9.78 Å². The van der Waals surface area contributed by atoms with Gasteiger partial charge in [0.25, 0.3) is 0 Å². The first-order valence-corrected chi connectivity index (χ1v) is 9.01. The van der Waals surface area contributed by atoms with Crippen LogP contribution in [0, 0.1) is 5.82 Å². The van der Waals surface area contributed by atoms with Crippen LogP contribution in [-0.2, 0) is 5.75 Å². The molecule has 0 amide bonds. The molecule has 0 saturated carbocycles. The summed E-state index contributed by atoms with van der Waals surface area (Å²) in [5, 5.41) is 12.7. The molecule has 126 valence electrons. The fraction of sp³-hybridized carbons (Fsp3) is 0.267. The summed E-state index contributed by atoms with van der Waals surface area (Å²) in [4.78, 5) is 22.8. The third-order valence-corrected chi connectivity index (χ3v) is 5.01. The number of thiazole rings is 1. The molecule has 9 heteroatoms. The van der Waals surface area contributed by atoms with E-state index in [1.165, 1.54) is 17.8 Å². The maximum atomic E-state index is 13.7. The van der Waals surface area contributed by atoms with E-state index in [9.17, 15) is 14.3 Å². The molecule has 6 nitrogen and oxygen atoms in total. The summed E-state index contributed by atoms with van der Waals surface area (Å²) in [5.41, 5.74) is 0.993. The van der Waals surface area contributed by atoms with Gasteiger partial charge in [0.05, 0.1) is 6.61 Å². The van der Waals surface area contributed by atoms with Gasteiger partial charge >= 0.3 is 4.87 Å². The Kier molecular flexibility index (Phi) is 5.12. The van der Waals surface area contributed by atoms with Crippen molar-refractivity contribution in [3.63, 3.8) is 0 Å². The Balaban J connectivity index is 1.90. The van der Waals surface area contributed by atoms with Crippen molar-refractivity contribution in [3.8, 4) is 0 Å². The van der Waals surface area contributed by atoms with Crippen LogP contribution in [0.15, 0.2) is 34.2 Å². The number of nitrogens with one attached hydrogen (secondary N) is 2. The molecule has 0 aliphatic rings. The van der Waals surface area contributed by atoms with Crippen molar-refractivity contribution in [1.82, 2.24) is 15.0 Å². The van der Waals surface area contributed by atoms with Gasteiger partial charge in [0.1, 0.15) is 10.5 Å². The number of hydrogen-bond donors (Lipinski definition) is 3. The molecule has 24 heavy (non-hydrogen) atoms. The summed E-state index contributed by atoms with van der Waals surface area (Å²) < 4.78 is 14.3. The number of halogens is 1. The van der Waals surface area contributed by atoms with Gasteiger partial charge < -0.3 is 10.4 Å². The van der Waals surface area contributed by atoms with Gasteiger partial charge in [0.15, 0.2) is 16.6 Å². The van der Waals surface area contributed by atoms with E-state index < -0.39 is 0 Å². The smallest absolute Gasteiger partial charge is 0.306 e. The maximum absolute atomic E-state index is 13.7. The molecule has 2 heterocycles. The third kappa shape index (κ3) is 3.74. The van der Waals surface area contributed by atoms with Gasteiger partial charge in [-0.1, -0.05) is 41.3 Å². The van der Waals surface area contributed by atoms with Gasteiger partial charge in [0, 0.05) is 11.8 Å². The van der Waals surface area contributed by atoms with Crippen LogP contribution in [-0.4, -0.2) is 32.7 Å². The lowest BCUT2D eigenvalue weighted by Gasteiger charge is -2.12. The lowest BCUT2D eigenvalue weighted by molar-refractivity contribution is 0.281. The van der Waals surface area contributed by atoms with Crippen molar-refractivity contribution in [2.75, 3.05) is 11.9 Å². The highest BCUT2D eigenvalue weighted by Gasteiger charge is 2.14. The molecule has 0 radical (unpaired) electrons. The van der Waals surface area contributed by atoms with Crippen LogP contribution in [0.4, 0.5) is 10.2 Å². The van der Waals surface area contributed by atoms with Crippen LogP contribution in [0.25, 0.3) is 10.3 Å². The topological polar surface area (TPSA) is 90.9 Å². The lowest BCUT2D eigenvalue weighted by Crippen LogP contribution is -2.20. The standard InChI is InChI=1S/C15H15FN4O2S2/c1-8(6-21)17-12-11-13(20-15(22)24-11)19-14(18-12)23-7-9-4-2-3-5-10(9)16/h2-5,8,21H,6-7H2,1H3,(H2,17,18,19,20,22). The summed E-state index contributed by atoms with van der Waals surface area (Å²) in [7, 11) is 0. The quantitative estimate of drug-likeness (QED) is 0.459. The second kappa shape index (κ2) is 7.29. The average molecular weight is 366 g/mol. The van der Waals surface area contributed by atoms with Crippen LogP contribution >= 0.6 is 23.1 Å². The normalized spacial score (nSPS) is 12.5. The Morgan fingerprint density at radius 3 is 2.96 bits per heavy atom. The summed E-state index contributed by atoms with van der Waals surface area (Å²) in [5.74, 6) is 0.588. The van der Waals surface area contributed by atoms with Gasteiger partial charge in [-0.05, 0) is 18.6 Å². The number of hydrogen-bond acceptors (Lipinski definition) is 7. The molecular formula is C15H15FN4O2S2. The zero-order valence-electron chi connectivity index (χ0n) is 12.7. The number of aliphatic hydroxyl groups excluding tert-OH is 1. The Bertz CT molecular complexity index is 912. The zero-order chi connectivity index (χ0) is 17.1. The van der Waals surface area contributed by atoms with E-state index in [0.29, 0.717) is 32.6 Å². The number of H-pyrrole nitrogens is 1. The molecule has 0 saturated heterocycles. The van der Waals surface area contributed by atoms with E-state index in [2.05, 4.69) is 20.3 Å². The second-order valence-corrected chi connectivity index (χ2v) is 7.08. The molecule has 0 spiro atoms. The number of aromatic amines is 1. The van der Waals surface area contributed by atoms with E-state index in [4.69, 9.17) is 0 Å². The summed E-state index contributed by atoms with van der Waals surface area (Å²) in [6.45, 7) is 1.73. The van der Waals surface area contributed by atoms with Crippen molar-refractivity contribution in [2.45, 2.75) is 23.9 Å². The number of aliphatic hydroxyl groups is 1. The zero-order valence-corrected chi connectivity index (χ0v) is 14.4. The van der Waals surface area contributed by atoms with Gasteiger partial charge in [-0.25, -0.2) is 14.4 Å². The van der Waals surface area contributed by atoms with Crippen LogP contribution in [0.2, 0.25) is 0 Å². The first-order chi connectivity index (χ1) is 11.6. The van der Waals surface area contributed by atoms with E-state index in [1.807, 2.05) is 0 Å². The highest BCUT2D eigenvalue weighted by Crippen LogP contribution is 2.27. The maximum Gasteiger partial charge on any atom is 0.306 e. The predicted molar refractivity (Wildman–Crippen MR) is 94.2 cm³/mol. The molecule has 0 aliphatic heterocycles. The Morgan fingerprint density at radius 2 is 2.21 bits per heavy atom. The van der Waals surface area contributed by atoms with Crippen LogP contribution in [0.5, 0.6) is 0 Å². The molecule has 2 aromatic heterocycles. The van der Waals surface area contributed by atoms with E-state index in [-0.39, 0.29) is 23.3 Å². The highest BCUT2D eigenvalue weighted by molar-refractivity contribution is 7.98. The minimum Gasteiger partial charge on any atom is -0.394 e. The van der Waals surface area contributed by atoms with Crippen molar-refractivity contribution < 1.29 is 9.50 Å². The number of benzene rings is 1. The number of aromatic nitrogens is 3. The minimum absolute atomic E-state index is 0.0669. The number of rotatable bonds is 6. The van der Waals surface area contributed by atoms with E-state index in [1.54, 1.807) is 25.1 Å². The van der Waals surface area contributed by atoms with E-state index in [0.717, 1.165) is 11.3 Å².